The number of nitrogens with one attached hydrogen (secondary N) is 1. The molecule has 1 aliphatic carbocycles. The topological polar surface area (TPSA) is 29.1 Å². The molecule has 0 spiro atoms. The highest BCUT2D eigenvalue weighted by Crippen LogP contribution is 2.31. The van der Waals surface area contributed by atoms with E-state index in [0.29, 0.717) is 0 Å². The minimum atomic E-state index is 0.162. The molecular weight excluding hydrogens is 242 g/mol. The van der Waals surface area contributed by atoms with Crippen molar-refractivity contribution in [1.82, 2.24) is 0 Å². The van der Waals surface area contributed by atoms with Crippen molar-refractivity contribution in [3.63, 3.8) is 0 Å². The van der Waals surface area contributed by atoms with Gasteiger partial charge in [0, 0.05) is 16.1 Å². The minimum Gasteiger partial charge on any atom is -0.326 e. The average molecular weight is 254 g/mol. The fraction of sp³-hybridized carbons (Fsp3) is 0.364. The summed E-state index contributed by atoms with van der Waals surface area (Å²) < 4.78 is 1.04. The molecule has 1 amide bonds. The molecule has 1 N–H and O–H groups in total. The molecule has 0 heterocycles. The summed E-state index contributed by atoms with van der Waals surface area (Å²) in [6.07, 6.45) is 2.09. The van der Waals surface area contributed by atoms with Crippen LogP contribution in [0.4, 0.5) is 5.69 Å². The highest BCUT2D eigenvalue weighted by Gasteiger charge is 2.29. The first-order valence-electron chi connectivity index (χ1n) is 4.74. The lowest BCUT2D eigenvalue weighted by Crippen LogP contribution is -2.13. The number of hydrogen-bond acceptors (Lipinski definition) is 1. The highest BCUT2D eigenvalue weighted by atomic mass is 79.9. The fourth-order valence-corrected chi connectivity index (χ4v) is 1.82. The first-order chi connectivity index (χ1) is 6.66. The second kappa shape index (κ2) is 3.73. The molecule has 0 radical (unpaired) electrons. The second-order valence-corrected chi connectivity index (χ2v) is 4.64. The number of hydrogen-bond donors (Lipinski definition) is 1. The molecule has 2 nitrogen and oxygen atoms in total. The molecule has 0 saturated heterocycles. The van der Waals surface area contributed by atoms with Crippen LogP contribution in [0.5, 0.6) is 0 Å². The van der Waals surface area contributed by atoms with E-state index < -0.39 is 0 Å². The van der Waals surface area contributed by atoms with E-state index in [-0.39, 0.29) is 11.8 Å². The smallest absolute Gasteiger partial charge is 0.227 e. The largest absolute Gasteiger partial charge is 0.326 e. The molecule has 0 unspecified atom stereocenters. The van der Waals surface area contributed by atoms with Crippen molar-refractivity contribution in [2.75, 3.05) is 5.32 Å². The molecule has 1 fully saturated rings. The van der Waals surface area contributed by atoms with Gasteiger partial charge in [-0.1, -0.05) is 15.9 Å². The van der Waals surface area contributed by atoms with Gasteiger partial charge in [0.2, 0.25) is 5.91 Å². The molecule has 1 aromatic rings. The Morgan fingerprint density at radius 1 is 1.50 bits per heavy atom. The maximum atomic E-state index is 11.5. The van der Waals surface area contributed by atoms with Gasteiger partial charge in [-0.15, -0.1) is 0 Å². The summed E-state index contributed by atoms with van der Waals surface area (Å²) in [6, 6.07) is 5.87. The first-order valence-corrected chi connectivity index (χ1v) is 5.53. The summed E-state index contributed by atoms with van der Waals surface area (Å²) in [5, 5.41) is 2.94. The summed E-state index contributed by atoms with van der Waals surface area (Å²) in [4.78, 5) is 11.5. The predicted octanol–water partition coefficient (Wildman–Crippen LogP) is 3.11. The zero-order chi connectivity index (χ0) is 10.1. The molecule has 74 valence electrons. The fourth-order valence-electron chi connectivity index (χ4n) is 1.35. The predicted molar refractivity (Wildman–Crippen MR) is 60.2 cm³/mol. The third-order valence-corrected chi connectivity index (χ3v) is 2.89. The summed E-state index contributed by atoms with van der Waals surface area (Å²) in [7, 11) is 0. The number of aryl methyl sites for hydroxylation is 1. The van der Waals surface area contributed by atoms with Crippen LogP contribution in [-0.4, -0.2) is 5.91 Å². The SMILES string of the molecule is Cc1cc(Br)ccc1NC(=O)C1CC1. The van der Waals surface area contributed by atoms with E-state index in [4.69, 9.17) is 0 Å². The van der Waals surface area contributed by atoms with Crippen molar-refractivity contribution < 1.29 is 4.79 Å². The number of carbonyl (C=O) groups excluding carboxylic acids is 1. The van der Waals surface area contributed by atoms with Crippen LogP contribution in [0.2, 0.25) is 0 Å². The van der Waals surface area contributed by atoms with Gasteiger partial charge in [-0.05, 0) is 43.5 Å². The Hall–Kier alpha value is -0.830. The van der Waals surface area contributed by atoms with Crippen LogP contribution >= 0.6 is 15.9 Å². The van der Waals surface area contributed by atoms with Crippen molar-refractivity contribution >= 4 is 27.5 Å². The van der Waals surface area contributed by atoms with E-state index in [1.165, 1.54) is 0 Å². The van der Waals surface area contributed by atoms with Gasteiger partial charge in [0.25, 0.3) is 0 Å². The normalized spacial score (nSPS) is 15.3. The van der Waals surface area contributed by atoms with Gasteiger partial charge in [-0.25, -0.2) is 0 Å². The summed E-state index contributed by atoms with van der Waals surface area (Å²) in [5.41, 5.74) is 2.01. The van der Waals surface area contributed by atoms with Gasteiger partial charge in [0.15, 0.2) is 0 Å². The summed E-state index contributed by atoms with van der Waals surface area (Å²) in [5.74, 6) is 0.425. The number of benzene rings is 1. The lowest BCUT2D eigenvalue weighted by atomic mass is 10.2. The summed E-state index contributed by atoms with van der Waals surface area (Å²) >= 11 is 3.39. The third kappa shape index (κ3) is 2.15. The number of anilines is 1. The molecule has 14 heavy (non-hydrogen) atoms. The third-order valence-electron chi connectivity index (χ3n) is 2.39. The molecule has 2 rings (SSSR count). The molecular formula is C11H12BrNO. The van der Waals surface area contributed by atoms with Crippen molar-refractivity contribution in [2.24, 2.45) is 5.92 Å². The monoisotopic (exact) mass is 253 g/mol. The van der Waals surface area contributed by atoms with Crippen molar-refractivity contribution in [3.05, 3.63) is 28.2 Å². The Morgan fingerprint density at radius 3 is 2.79 bits per heavy atom. The van der Waals surface area contributed by atoms with Gasteiger partial charge < -0.3 is 5.32 Å². The molecule has 1 saturated carbocycles. The van der Waals surface area contributed by atoms with Gasteiger partial charge in [0.1, 0.15) is 0 Å². The number of amides is 1. The molecule has 0 aliphatic heterocycles. The second-order valence-electron chi connectivity index (χ2n) is 3.72. The Labute approximate surface area is 91.8 Å². The quantitative estimate of drug-likeness (QED) is 0.863. The number of rotatable bonds is 2. The molecule has 0 aromatic heterocycles. The van der Waals surface area contributed by atoms with Crippen molar-refractivity contribution in [2.45, 2.75) is 19.8 Å². The molecule has 0 bridgehead atoms. The lowest BCUT2D eigenvalue weighted by molar-refractivity contribution is -0.117. The average Bonchev–Trinajstić information content (AvgIpc) is 2.92. The van der Waals surface area contributed by atoms with Crippen LogP contribution in [0.3, 0.4) is 0 Å². The van der Waals surface area contributed by atoms with E-state index in [9.17, 15) is 4.79 Å². The van der Waals surface area contributed by atoms with Crippen LogP contribution in [0.15, 0.2) is 22.7 Å². The van der Waals surface area contributed by atoms with Crippen LogP contribution in [0.25, 0.3) is 0 Å². The molecule has 1 aromatic carbocycles. The maximum absolute atomic E-state index is 11.5. The van der Waals surface area contributed by atoms with E-state index in [2.05, 4.69) is 21.2 Å². The van der Waals surface area contributed by atoms with E-state index in [1.807, 2.05) is 25.1 Å². The van der Waals surface area contributed by atoms with E-state index >= 15 is 0 Å². The number of carbonyl (C=O) groups is 1. The van der Waals surface area contributed by atoms with Gasteiger partial charge in [0.05, 0.1) is 0 Å². The Morgan fingerprint density at radius 2 is 2.21 bits per heavy atom. The molecule has 3 heteroatoms. The van der Waals surface area contributed by atoms with Gasteiger partial charge in [-0.3, -0.25) is 4.79 Å². The Balaban J connectivity index is 2.11. The molecule has 0 atom stereocenters. The van der Waals surface area contributed by atoms with Crippen molar-refractivity contribution in [1.29, 1.82) is 0 Å². The van der Waals surface area contributed by atoms with Crippen LogP contribution in [0.1, 0.15) is 18.4 Å². The van der Waals surface area contributed by atoms with Crippen molar-refractivity contribution in [3.8, 4) is 0 Å². The highest BCUT2D eigenvalue weighted by molar-refractivity contribution is 9.10. The standard InChI is InChI=1S/C11H12BrNO/c1-7-6-9(12)4-5-10(7)13-11(14)8-2-3-8/h4-6,8H,2-3H2,1H3,(H,13,14). The van der Waals surface area contributed by atoms with E-state index in [1.54, 1.807) is 0 Å². The Kier molecular flexibility index (Phi) is 2.59. The van der Waals surface area contributed by atoms with E-state index in [0.717, 1.165) is 28.6 Å². The Bertz CT molecular complexity index is 372. The van der Waals surface area contributed by atoms with Gasteiger partial charge >= 0.3 is 0 Å². The van der Waals surface area contributed by atoms with Crippen LogP contribution in [0, 0.1) is 12.8 Å². The number of halogens is 1. The van der Waals surface area contributed by atoms with Gasteiger partial charge in [-0.2, -0.15) is 0 Å². The minimum absolute atomic E-state index is 0.162. The first kappa shape index (κ1) is 9.71. The van der Waals surface area contributed by atoms with Crippen LogP contribution in [-0.2, 0) is 4.79 Å². The lowest BCUT2D eigenvalue weighted by Gasteiger charge is -2.07. The maximum Gasteiger partial charge on any atom is 0.227 e. The summed E-state index contributed by atoms with van der Waals surface area (Å²) in [6.45, 7) is 1.99. The zero-order valence-corrected chi connectivity index (χ0v) is 9.60. The zero-order valence-electron chi connectivity index (χ0n) is 8.01. The molecule has 1 aliphatic rings. The van der Waals surface area contributed by atoms with Crippen LogP contribution < -0.4 is 5.32 Å².